The van der Waals surface area contributed by atoms with Gasteiger partial charge in [-0.05, 0) is 64.0 Å². The lowest BCUT2D eigenvalue weighted by Crippen LogP contribution is -2.35. The summed E-state index contributed by atoms with van der Waals surface area (Å²) in [6.07, 6.45) is 6.05. The number of hydrogen-bond acceptors (Lipinski definition) is 4. The molecule has 0 aliphatic carbocycles. The number of anilines is 1. The number of rotatable bonds is 6. The lowest BCUT2D eigenvalue weighted by Gasteiger charge is -2.23. The van der Waals surface area contributed by atoms with Crippen LogP contribution < -0.4 is 5.32 Å². The minimum atomic E-state index is -3.50. The van der Waals surface area contributed by atoms with Gasteiger partial charge in [0.05, 0.1) is 11.4 Å². The van der Waals surface area contributed by atoms with E-state index in [2.05, 4.69) is 10.2 Å². The molecule has 2 rings (SSSR count). The molecule has 1 heterocycles. The zero-order valence-corrected chi connectivity index (χ0v) is 16.9. The van der Waals surface area contributed by atoms with Crippen molar-refractivity contribution in [3.05, 3.63) is 24.3 Å². The zero-order chi connectivity index (χ0) is 19.2. The van der Waals surface area contributed by atoms with E-state index in [1.54, 1.807) is 31.3 Å². The molecule has 6 nitrogen and oxygen atoms in total. The van der Waals surface area contributed by atoms with E-state index in [-0.39, 0.29) is 16.8 Å². The molecule has 26 heavy (non-hydrogen) atoms. The molecule has 0 saturated carbocycles. The summed E-state index contributed by atoms with van der Waals surface area (Å²) in [5.41, 5.74) is 0.619. The van der Waals surface area contributed by atoms with Gasteiger partial charge in [-0.3, -0.25) is 9.69 Å². The molecule has 146 valence electrons. The van der Waals surface area contributed by atoms with Gasteiger partial charge in [0.2, 0.25) is 15.9 Å². The van der Waals surface area contributed by atoms with Crippen LogP contribution in [0.25, 0.3) is 0 Å². The zero-order valence-electron chi connectivity index (χ0n) is 16.1. The van der Waals surface area contributed by atoms with Gasteiger partial charge in [0.25, 0.3) is 0 Å². The Labute approximate surface area is 157 Å². The number of carbonyl (C=O) groups excluding carboxylic acids is 1. The molecular formula is C19H31N3O3S. The summed E-state index contributed by atoms with van der Waals surface area (Å²) in [6, 6.07) is 6.26. The van der Waals surface area contributed by atoms with Crippen LogP contribution >= 0.6 is 0 Å². The number of benzene rings is 1. The largest absolute Gasteiger partial charge is 0.325 e. The van der Waals surface area contributed by atoms with Crippen LogP contribution in [-0.4, -0.2) is 56.3 Å². The van der Waals surface area contributed by atoms with E-state index in [1.807, 2.05) is 13.8 Å². The monoisotopic (exact) mass is 381 g/mol. The maximum atomic E-state index is 12.5. The predicted molar refractivity (Wildman–Crippen MR) is 105 cm³/mol. The number of nitrogens with zero attached hydrogens (tertiary/aromatic N) is 2. The van der Waals surface area contributed by atoms with E-state index in [1.165, 1.54) is 23.6 Å². The highest BCUT2D eigenvalue weighted by Crippen LogP contribution is 2.19. The summed E-state index contributed by atoms with van der Waals surface area (Å²) in [4.78, 5) is 14.7. The summed E-state index contributed by atoms with van der Waals surface area (Å²) in [5, 5.41) is 2.87. The van der Waals surface area contributed by atoms with Gasteiger partial charge in [0, 0.05) is 18.8 Å². The minimum absolute atomic E-state index is 0.0551. The second kappa shape index (κ2) is 9.48. The molecule has 0 spiro atoms. The lowest BCUT2D eigenvalue weighted by atomic mass is 10.1. The highest BCUT2D eigenvalue weighted by Gasteiger charge is 2.23. The van der Waals surface area contributed by atoms with Gasteiger partial charge in [-0.1, -0.05) is 19.3 Å². The molecule has 7 heteroatoms. The third-order valence-corrected chi connectivity index (χ3v) is 6.91. The topological polar surface area (TPSA) is 69.7 Å². The van der Waals surface area contributed by atoms with Gasteiger partial charge < -0.3 is 5.32 Å². The number of carbonyl (C=O) groups is 1. The molecule has 1 aromatic rings. The Balaban J connectivity index is 1.95. The number of sulfonamides is 1. The number of hydrogen-bond donors (Lipinski definition) is 1. The first kappa shape index (κ1) is 20.9. The van der Waals surface area contributed by atoms with Crippen molar-refractivity contribution in [2.24, 2.45) is 0 Å². The molecule has 1 saturated heterocycles. The van der Waals surface area contributed by atoms with E-state index in [9.17, 15) is 13.2 Å². The smallest absolute Gasteiger partial charge is 0.243 e. The fraction of sp³-hybridized carbons (Fsp3) is 0.632. The molecule has 0 aromatic heterocycles. The van der Waals surface area contributed by atoms with Crippen LogP contribution in [0.3, 0.4) is 0 Å². The molecule has 1 amide bonds. The Morgan fingerprint density at radius 1 is 1.08 bits per heavy atom. The Morgan fingerprint density at radius 2 is 1.62 bits per heavy atom. The van der Waals surface area contributed by atoms with Crippen LogP contribution in [0.15, 0.2) is 29.2 Å². The van der Waals surface area contributed by atoms with Crippen molar-refractivity contribution in [3.63, 3.8) is 0 Å². The van der Waals surface area contributed by atoms with Crippen LogP contribution in [0.5, 0.6) is 0 Å². The molecule has 1 aliphatic rings. The maximum Gasteiger partial charge on any atom is 0.243 e. The molecule has 0 radical (unpaired) electrons. The normalized spacial score (nSPS) is 17.1. The lowest BCUT2D eigenvalue weighted by molar-refractivity contribution is -0.117. The Hall–Kier alpha value is -1.44. The maximum absolute atomic E-state index is 12.5. The third-order valence-electron chi connectivity index (χ3n) is 4.86. The molecule has 1 aromatic carbocycles. The van der Waals surface area contributed by atoms with Crippen molar-refractivity contribution >= 4 is 21.6 Å². The van der Waals surface area contributed by atoms with Crippen LogP contribution in [0.4, 0.5) is 5.69 Å². The Morgan fingerprint density at radius 3 is 2.15 bits per heavy atom. The van der Waals surface area contributed by atoms with Gasteiger partial charge in [-0.25, -0.2) is 8.42 Å². The average Bonchev–Trinajstić information content (AvgIpc) is 2.56. The highest BCUT2D eigenvalue weighted by atomic mass is 32.2. The van der Waals surface area contributed by atoms with Gasteiger partial charge in [0.15, 0.2) is 0 Å². The average molecular weight is 382 g/mol. The molecule has 1 fully saturated rings. The quantitative estimate of drug-likeness (QED) is 0.823. The Kier molecular flexibility index (Phi) is 7.61. The molecular weight excluding hydrogens is 350 g/mol. The molecule has 0 atom stereocenters. The highest BCUT2D eigenvalue weighted by molar-refractivity contribution is 7.89. The summed E-state index contributed by atoms with van der Waals surface area (Å²) in [5.74, 6) is -0.0551. The second-order valence-electron chi connectivity index (χ2n) is 7.23. The summed E-state index contributed by atoms with van der Waals surface area (Å²) in [7, 11) is -1.93. The molecule has 0 unspecified atom stereocenters. The first-order valence-electron chi connectivity index (χ1n) is 9.41. The Bertz CT molecular complexity index is 678. The number of amides is 1. The first-order valence-corrected chi connectivity index (χ1v) is 10.8. The summed E-state index contributed by atoms with van der Waals surface area (Å²) in [6.45, 7) is 5.97. The fourth-order valence-corrected chi connectivity index (χ4v) is 4.40. The van der Waals surface area contributed by atoms with Crippen LogP contribution in [-0.2, 0) is 14.8 Å². The van der Waals surface area contributed by atoms with Gasteiger partial charge in [-0.15, -0.1) is 0 Å². The molecule has 0 bridgehead atoms. The third kappa shape index (κ3) is 5.79. The number of nitrogens with one attached hydrogen (secondary N) is 1. The van der Waals surface area contributed by atoms with Crippen molar-refractivity contribution < 1.29 is 13.2 Å². The molecule has 1 N–H and O–H groups in total. The summed E-state index contributed by atoms with van der Waals surface area (Å²) >= 11 is 0. The predicted octanol–water partition coefficient (Wildman–Crippen LogP) is 2.92. The van der Waals surface area contributed by atoms with E-state index in [0.29, 0.717) is 12.2 Å². The van der Waals surface area contributed by atoms with E-state index >= 15 is 0 Å². The van der Waals surface area contributed by atoms with Crippen LogP contribution in [0.1, 0.15) is 46.0 Å². The minimum Gasteiger partial charge on any atom is -0.325 e. The standard InChI is InChI=1S/C19H31N3O3S/c1-16(2)21(3)26(24,25)18-11-9-17(10-12-18)20-19(23)15-22-13-7-5-4-6-8-14-22/h9-12,16H,4-8,13-15H2,1-3H3,(H,20,23). The van der Waals surface area contributed by atoms with Crippen LogP contribution in [0, 0.1) is 0 Å². The summed E-state index contributed by atoms with van der Waals surface area (Å²) < 4.78 is 26.3. The van der Waals surface area contributed by atoms with Crippen molar-refractivity contribution in [1.29, 1.82) is 0 Å². The van der Waals surface area contributed by atoms with E-state index in [0.717, 1.165) is 25.9 Å². The van der Waals surface area contributed by atoms with Crippen LogP contribution in [0.2, 0.25) is 0 Å². The first-order chi connectivity index (χ1) is 12.3. The van der Waals surface area contributed by atoms with Crippen molar-refractivity contribution in [3.8, 4) is 0 Å². The van der Waals surface area contributed by atoms with Gasteiger partial charge in [-0.2, -0.15) is 4.31 Å². The number of likely N-dealkylation sites (tertiary alicyclic amines) is 1. The fourth-order valence-electron chi connectivity index (χ4n) is 3.03. The van der Waals surface area contributed by atoms with Crippen molar-refractivity contribution in [2.45, 2.75) is 56.9 Å². The van der Waals surface area contributed by atoms with Gasteiger partial charge >= 0.3 is 0 Å². The van der Waals surface area contributed by atoms with E-state index in [4.69, 9.17) is 0 Å². The second-order valence-corrected chi connectivity index (χ2v) is 9.23. The molecule has 1 aliphatic heterocycles. The van der Waals surface area contributed by atoms with Crippen molar-refractivity contribution in [2.75, 3.05) is 32.0 Å². The SMILES string of the molecule is CC(C)N(C)S(=O)(=O)c1ccc(NC(=O)CN2CCCCCCC2)cc1. The van der Waals surface area contributed by atoms with E-state index < -0.39 is 10.0 Å². The van der Waals surface area contributed by atoms with Gasteiger partial charge in [0.1, 0.15) is 0 Å². The van der Waals surface area contributed by atoms with Crippen molar-refractivity contribution in [1.82, 2.24) is 9.21 Å².